The van der Waals surface area contributed by atoms with E-state index in [1.54, 1.807) is 20.8 Å². The van der Waals surface area contributed by atoms with Gasteiger partial charge in [-0.1, -0.05) is 0 Å². The fourth-order valence-electron chi connectivity index (χ4n) is 1.82. The van der Waals surface area contributed by atoms with Gasteiger partial charge in [-0.15, -0.1) is 0 Å². The van der Waals surface area contributed by atoms with Gasteiger partial charge in [-0.05, 0) is 33.8 Å². The summed E-state index contributed by atoms with van der Waals surface area (Å²) in [4.78, 5) is 33.3. The number of hydrogen-bond acceptors (Lipinski definition) is 6. The van der Waals surface area contributed by atoms with Crippen LogP contribution in [-0.2, 0) is 9.53 Å². The number of carbonyl (C=O) groups excluding carboxylic acids is 1. The maximum atomic E-state index is 13.3. The van der Waals surface area contributed by atoms with Crippen LogP contribution in [0, 0.1) is 15.9 Å². The third-order valence-electron chi connectivity index (χ3n) is 2.84. The lowest BCUT2D eigenvalue weighted by atomic mass is 10.1. The molecular weight excluding hydrogens is 339 g/mol. The van der Waals surface area contributed by atoms with Crippen molar-refractivity contribution in [1.29, 1.82) is 0 Å². The minimum Gasteiger partial charge on any atom is -0.481 e. The van der Waals surface area contributed by atoms with Crippen LogP contribution >= 0.6 is 0 Å². The topological polar surface area (TPSA) is 128 Å². The van der Waals surface area contributed by atoms with Crippen molar-refractivity contribution in [1.82, 2.24) is 5.32 Å². The van der Waals surface area contributed by atoms with E-state index in [0.717, 1.165) is 18.2 Å². The number of rotatable bonds is 6. The Morgan fingerprint density at radius 3 is 2.44 bits per heavy atom. The van der Waals surface area contributed by atoms with E-state index in [4.69, 9.17) is 9.47 Å². The lowest BCUT2D eigenvalue weighted by molar-refractivity contribution is -0.386. The maximum Gasteiger partial charge on any atom is 0.408 e. The molecule has 25 heavy (non-hydrogen) atoms. The molecule has 1 amide bonds. The molecule has 0 saturated carbocycles. The minimum atomic E-state index is -1.57. The minimum absolute atomic E-state index is 0.449. The van der Waals surface area contributed by atoms with Crippen LogP contribution in [0.25, 0.3) is 0 Å². The van der Waals surface area contributed by atoms with E-state index in [-0.39, 0.29) is 0 Å². The summed E-state index contributed by atoms with van der Waals surface area (Å²) in [6.45, 7) is 6.06. The third-order valence-corrected chi connectivity index (χ3v) is 2.84. The lowest BCUT2D eigenvalue weighted by Gasteiger charge is -2.25. The Morgan fingerprint density at radius 2 is 1.96 bits per heavy atom. The lowest BCUT2D eigenvalue weighted by Crippen LogP contribution is -2.51. The first-order valence-electron chi connectivity index (χ1n) is 7.23. The molecule has 1 aromatic carbocycles. The second-order valence-electron chi connectivity index (χ2n) is 6.15. The average molecular weight is 358 g/mol. The van der Waals surface area contributed by atoms with Gasteiger partial charge >= 0.3 is 17.7 Å². The quantitative estimate of drug-likeness (QED) is 0.590. The van der Waals surface area contributed by atoms with E-state index < -0.39 is 52.0 Å². The van der Waals surface area contributed by atoms with E-state index >= 15 is 0 Å². The second kappa shape index (κ2) is 7.77. The molecule has 0 aliphatic rings. The molecule has 10 heteroatoms. The number of hydrogen-bond donors (Lipinski definition) is 2. The van der Waals surface area contributed by atoms with Crippen LogP contribution in [0.4, 0.5) is 14.9 Å². The van der Waals surface area contributed by atoms with Crippen LogP contribution in [0.15, 0.2) is 18.2 Å². The highest BCUT2D eigenvalue weighted by Gasteiger charge is 2.31. The van der Waals surface area contributed by atoms with Gasteiger partial charge in [-0.2, -0.15) is 0 Å². The predicted molar refractivity (Wildman–Crippen MR) is 83.9 cm³/mol. The van der Waals surface area contributed by atoms with Crippen molar-refractivity contribution in [2.75, 3.05) is 0 Å². The zero-order valence-corrected chi connectivity index (χ0v) is 14.1. The average Bonchev–Trinajstić information content (AvgIpc) is 2.42. The Balaban J connectivity index is 2.96. The molecule has 1 aromatic rings. The van der Waals surface area contributed by atoms with Gasteiger partial charge in [-0.3, -0.25) is 10.1 Å². The second-order valence-corrected chi connectivity index (χ2v) is 6.15. The number of nitro benzene ring substituents is 1. The van der Waals surface area contributed by atoms with Crippen molar-refractivity contribution in [2.24, 2.45) is 0 Å². The Hall–Kier alpha value is -2.91. The zero-order valence-electron chi connectivity index (χ0n) is 14.1. The smallest absolute Gasteiger partial charge is 0.408 e. The first-order chi connectivity index (χ1) is 11.4. The van der Waals surface area contributed by atoms with Crippen LogP contribution in [-0.4, -0.2) is 39.8 Å². The number of alkyl carbamates (subject to hydrolysis) is 1. The molecule has 0 saturated heterocycles. The van der Waals surface area contributed by atoms with Gasteiger partial charge in [0, 0.05) is 12.1 Å². The molecule has 0 unspecified atom stereocenters. The van der Waals surface area contributed by atoms with Crippen LogP contribution in [0.1, 0.15) is 27.7 Å². The summed E-state index contributed by atoms with van der Waals surface area (Å²) in [7, 11) is 0. The van der Waals surface area contributed by atoms with Crippen molar-refractivity contribution in [3.63, 3.8) is 0 Å². The molecule has 0 fully saturated rings. The molecule has 9 nitrogen and oxygen atoms in total. The number of nitro groups is 1. The molecule has 2 N–H and O–H groups in total. The molecule has 1 rings (SSSR count). The van der Waals surface area contributed by atoms with E-state index in [1.807, 2.05) is 0 Å². The van der Waals surface area contributed by atoms with Gasteiger partial charge in [-0.25, -0.2) is 14.0 Å². The molecule has 0 spiro atoms. The Morgan fingerprint density at radius 1 is 1.36 bits per heavy atom. The van der Waals surface area contributed by atoms with Crippen LogP contribution in [0.3, 0.4) is 0 Å². The molecule has 2 atom stereocenters. The highest BCUT2D eigenvalue weighted by molar-refractivity contribution is 5.80. The normalized spacial score (nSPS) is 13.5. The standard InChI is InChI=1S/C15H19FN2O7/c1-8(12(13(19)20)17-14(21)25-15(2,3)4)24-11-7-9(16)5-6-10(11)18(22)23/h5-8,12H,1-4H3,(H,17,21)(H,19,20)/t8-,12+/m0/s1. The number of nitrogens with zero attached hydrogens (tertiary/aromatic N) is 1. The molecule has 138 valence electrons. The Kier molecular flexibility index (Phi) is 6.26. The van der Waals surface area contributed by atoms with E-state index in [1.165, 1.54) is 6.92 Å². The molecular formula is C15H19FN2O7. The fourth-order valence-corrected chi connectivity index (χ4v) is 1.82. The summed E-state index contributed by atoms with van der Waals surface area (Å²) in [5.74, 6) is -2.69. The highest BCUT2D eigenvalue weighted by Crippen LogP contribution is 2.28. The van der Waals surface area contributed by atoms with Crippen molar-refractivity contribution in [3.8, 4) is 5.75 Å². The summed E-state index contributed by atoms with van der Waals surface area (Å²) < 4.78 is 23.5. The number of carbonyl (C=O) groups is 2. The maximum absolute atomic E-state index is 13.3. The number of carboxylic acids is 1. The van der Waals surface area contributed by atoms with Crippen molar-refractivity contribution in [3.05, 3.63) is 34.1 Å². The number of amides is 1. The van der Waals surface area contributed by atoms with Crippen LogP contribution in [0.2, 0.25) is 0 Å². The highest BCUT2D eigenvalue weighted by atomic mass is 19.1. The first-order valence-corrected chi connectivity index (χ1v) is 7.23. The Bertz CT molecular complexity index is 672. The van der Waals surface area contributed by atoms with Crippen LogP contribution in [0.5, 0.6) is 5.75 Å². The number of ether oxygens (including phenoxy) is 2. The molecule has 0 aliphatic carbocycles. The number of carboxylic acid groups (broad SMARTS) is 1. The van der Waals surface area contributed by atoms with Gasteiger partial charge < -0.3 is 19.9 Å². The fraction of sp³-hybridized carbons (Fsp3) is 0.467. The van der Waals surface area contributed by atoms with Crippen molar-refractivity contribution >= 4 is 17.7 Å². The summed E-state index contributed by atoms with van der Waals surface area (Å²) in [5, 5.41) is 22.3. The van der Waals surface area contributed by atoms with Gasteiger partial charge in [0.05, 0.1) is 4.92 Å². The van der Waals surface area contributed by atoms with Gasteiger partial charge in [0.15, 0.2) is 11.8 Å². The van der Waals surface area contributed by atoms with Gasteiger partial charge in [0.1, 0.15) is 17.5 Å². The first kappa shape index (κ1) is 20.1. The molecule has 0 aliphatic heterocycles. The largest absolute Gasteiger partial charge is 0.481 e. The van der Waals surface area contributed by atoms with Gasteiger partial charge in [0.2, 0.25) is 0 Å². The van der Waals surface area contributed by atoms with Crippen molar-refractivity contribution < 1.29 is 33.5 Å². The number of halogens is 1. The molecule has 0 heterocycles. The summed E-state index contributed by atoms with van der Waals surface area (Å²) in [6.07, 6.45) is -2.24. The molecule has 0 bridgehead atoms. The summed E-state index contributed by atoms with van der Waals surface area (Å²) >= 11 is 0. The van der Waals surface area contributed by atoms with Gasteiger partial charge in [0.25, 0.3) is 0 Å². The Labute approximate surface area is 142 Å². The molecule has 0 radical (unpaired) electrons. The third kappa shape index (κ3) is 6.24. The van der Waals surface area contributed by atoms with E-state index in [9.17, 15) is 29.2 Å². The van der Waals surface area contributed by atoms with Crippen molar-refractivity contribution in [2.45, 2.75) is 45.4 Å². The number of benzene rings is 1. The molecule has 0 aromatic heterocycles. The summed E-state index contributed by atoms with van der Waals surface area (Å²) in [5.41, 5.74) is -1.38. The van der Waals surface area contributed by atoms with E-state index in [0.29, 0.717) is 0 Å². The number of nitrogens with one attached hydrogen (secondary N) is 1. The number of aliphatic carboxylic acids is 1. The van der Waals surface area contributed by atoms with Crippen LogP contribution < -0.4 is 10.1 Å². The SMILES string of the molecule is C[C@H](Oc1cc(F)ccc1[N+](=O)[O-])[C@@H](NC(=O)OC(C)(C)C)C(=O)O. The monoisotopic (exact) mass is 358 g/mol. The summed E-state index contributed by atoms with van der Waals surface area (Å²) in [6, 6.07) is 0.969. The predicted octanol–water partition coefficient (Wildman–Crippen LogP) is 2.48. The zero-order chi connectivity index (χ0) is 19.4. The van der Waals surface area contributed by atoms with E-state index in [2.05, 4.69) is 5.32 Å².